The second-order valence-corrected chi connectivity index (χ2v) is 7.89. The van der Waals surface area contributed by atoms with Crippen molar-refractivity contribution in [2.24, 2.45) is 0 Å². The number of hydrogen-bond donors (Lipinski definition) is 1. The normalized spacial score (nSPS) is 11.0. The molecule has 0 fully saturated rings. The number of nitrogens with one attached hydrogen (secondary N) is 1. The van der Waals surface area contributed by atoms with Crippen LogP contribution in [0.1, 0.15) is 17.4 Å². The highest BCUT2D eigenvalue weighted by Crippen LogP contribution is 2.25. The third kappa shape index (κ3) is 4.16. The molecule has 0 saturated heterocycles. The highest BCUT2D eigenvalue weighted by Gasteiger charge is 2.15. The first-order valence-corrected chi connectivity index (χ1v) is 10.3. The van der Waals surface area contributed by atoms with E-state index in [2.05, 4.69) is 17.2 Å². The maximum atomic E-state index is 13.0. The minimum absolute atomic E-state index is 0.0266. The van der Waals surface area contributed by atoms with Gasteiger partial charge in [-0.05, 0) is 24.5 Å². The molecule has 3 rings (SSSR count). The number of carbonyl (C=O) groups excluding carboxylic acids is 1. The Morgan fingerprint density at radius 1 is 1.31 bits per heavy atom. The number of hydrogen-bond acceptors (Lipinski definition) is 5. The lowest BCUT2D eigenvalue weighted by atomic mass is 10.1. The first kappa shape index (κ1) is 18.7. The van der Waals surface area contributed by atoms with Gasteiger partial charge in [0, 0.05) is 18.5 Å². The number of carbonyl (C=O) groups is 1. The quantitative estimate of drug-likeness (QED) is 0.500. The van der Waals surface area contributed by atoms with E-state index >= 15 is 0 Å². The van der Waals surface area contributed by atoms with Gasteiger partial charge in [-0.3, -0.25) is 14.2 Å². The average molecular weight is 388 g/mol. The summed E-state index contributed by atoms with van der Waals surface area (Å²) in [5, 5.41) is 3.88. The summed E-state index contributed by atoms with van der Waals surface area (Å²) in [6, 6.07) is 12.0. The number of aryl methyl sites for hydroxylation is 2. The number of thiophene rings is 1. The van der Waals surface area contributed by atoms with Crippen molar-refractivity contribution in [1.29, 1.82) is 0 Å². The lowest BCUT2D eigenvalue weighted by Crippen LogP contribution is -2.25. The molecule has 0 unspecified atom stereocenters. The number of nitrogens with zero attached hydrogens (tertiary/aromatic N) is 2. The van der Waals surface area contributed by atoms with Crippen molar-refractivity contribution < 1.29 is 4.79 Å². The summed E-state index contributed by atoms with van der Waals surface area (Å²) in [7, 11) is 1.61. The number of aromatic nitrogens is 2. The highest BCUT2D eigenvalue weighted by atomic mass is 32.2. The SMILES string of the molecule is CCc1cc2c(=O)n(CCc3ccccc3)c(SCC(=O)NC)nc2s1. The minimum atomic E-state index is -0.0839. The van der Waals surface area contributed by atoms with Crippen molar-refractivity contribution in [3.63, 3.8) is 0 Å². The Bertz CT molecular complexity index is 964. The molecule has 5 nitrogen and oxygen atoms in total. The van der Waals surface area contributed by atoms with Crippen LogP contribution in [0.2, 0.25) is 0 Å². The molecule has 0 radical (unpaired) electrons. The third-order valence-corrected chi connectivity index (χ3v) is 6.24. The van der Waals surface area contributed by atoms with Crippen LogP contribution in [0, 0.1) is 0 Å². The third-order valence-electron chi connectivity index (χ3n) is 4.09. The van der Waals surface area contributed by atoms with Gasteiger partial charge in [-0.25, -0.2) is 4.98 Å². The van der Waals surface area contributed by atoms with Crippen molar-refractivity contribution in [3.8, 4) is 0 Å². The van der Waals surface area contributed by atoms with Gasteiger partial charge in [-0.2, -0.15) is 0 Å². The molecule has 3 aromatic rings. The van der Waals surface area contributed by atoms with Crippen LogP contribution in [0.3, 0.4) is 0 Å². The topological polar surface area (TPSA) is 64.0 Å². The van der Waals surface area contributed by atoms with Gasteiger partial charge in [0.1, 0.15) is 4.83 Å². The van der Waals surface area contributed by atoms with Crippen LogP contribution in [-0.4, -0.2) is 28.3 Å². The molecule has 26 heavy (non-hydrogen) atoms. The Hall–Kier alpha value is -2.12. The summed E-state index contributed by atoms with van der Waals surface area (Å²) in [5.74, 6) is 0.158. The van der Waals surface area contributed by atoms with Crippen molar-refractivity contribution in [3.05, 3.63) is 57.2 Å². The Morgan fingerprint density at radius 3 is 2.77 bits per heavy atom. The second kappa shape index (κ2) is 8.51. The van der Waals surface area contributed by atoms with E-state index in [1.807, 2.05) is 36.4 Å². The second-order valence-electron chi connectivity index (χ2n) is 5.83. The van der Waals surface area contributed by atoms with E-state index < -0.39 is 0 Å². The summed E-state index contributed by atoms with van der Waals surface area (Å²) in [6.45, 7) is 2.61. The Kier molecular flexibility index (Phi) is 6.11. The predicted molar refractivity (Wildman–Crippen MR) is 108 cm³/mol. The van der Waals surface area contributed by atoms with Gasteiger partial charge in [0.15, 0.2) is 5.16 Å². The highest BCUT2D eigenvalue weighted by molar-refractivity contribution is 7.99. The predicted octanol–water partition coefficient (Wildman–Crippen LogP) is 3.10. The number of benzene rings is 1. The smallest absolute Gasteiger partial charge is 0.262 e. The van der Waals surface area contributed by atoms with Crippen molar-refractivity contribution >= 4 is 39.2 Å². The Morgan fingerprint density at radius 2 is 2.08 bits per heavy atom. The monoisotopic (exact) mass is 387 g/mol. The zero-order valence-corrected chi connectivity index (χ0v) is 16.5. The first-order chi connectivity index (χ1) is 12.6. The van der Waals surface area contributed by atoms with Gasteiger partial charge >= 0.3 is 0 Å². The minimum Gasteiger partial charge on any atom is -0.358 e. The van der Waals surface area contributed by atoms with Gasteiger partial charge < -0.3 is 5.32 Å². The molecule has 0 bridgehead atoms. The van der Waals surface area contributed by atoms with Gasteiger partial charge in [-0.1, -0.05) is 49.0 Å². The standard InChI is InChI=1S/C19H21N3O2S2/c1-3-14-11-15-17(26-14)21-19(25-12-16(23)20-2)22(18(15)24)10-9-13-7-5-4-6-8-13/h4-8,11H,3,9-10,12H2,1-2H3,(H,20,23). The van der Waals surface area contributed by atoms with Gasteiger partial charge in [-0.15, -0.1) is 11.3 Å². The molecular weight excluding hydrogens is 366 g/mol. The van der Waals surface area contributed by atoms with E-state index in [1.165, 1.54) is 17.3 Å². The molecule has 0 saturated carbocycles. The van der Waals surface area contributed by atoms with Gasteiger partial charge in [0.2, 0.25) is 5.91 Å². The molecule has 0 aliphatic heterocycles. The van der Waals surface area contributed by atoms with Gasteiger partial charge in [0.25, 0.3) is 5.56 Å². The molecule has 1 N–H and O–H groups in total. The molecule has 2 aromatic heterocycles. The van der Waals surface area contributed by atoms with E-state index in [0.717, 1.165) is 22.5 Å². The molecular formula is C19H21N3O2S2. The maximum absolute atomic E-state index is 13.0. The molecule has 2 heterocycles. The molecule has 1 amide bonds. The lowest BCUT2D eigenvalue weighted by Gasteiger charge is -2.11. The summed E-state index contributed by atoms with van der Waals surface area (Å²) in [4.78, 5) is 31.2. The first-order valence-electron chi connectivity index (χ1n) is 8.53. The van der Waals surface area contributed by atoms with Crippen LogP contribution < -0.4 is 10.9 Å². The fourth-order valence-corrected chi connectivity index (χ4v) is 4.52. The van der Waals surface area contributed by atoms with Crippen molar-refractivity contribution in [2.75, 3.05) is 12.8 Å². The molecule has 0 spiro atoms. The van der Waals surface area contributed by atoms with Crippen molar-refractivity contribution in [2.45, 2.75) is 31.5 Å². The zero-order valence-electron chi connectivity index (χ0n) is 14.8. The molecule has 136 valence electrons. The van der Waals surface area contributed by atoms with E-state index in [-0.39, 0.29) is 17.2 Å². The van der Waals surface area contributed by atoms with Gasteiger partial charge in [0.05, 0.1) is 11.1 Å². The number of thioether (sulfide) groups is 1. The number of rotatable bonds is 7. The van der Waals surface area contributed by atoms with Crippen LogP contribution in [0.25, 0.3) is 10.2 Å². The average Bonchev–Trinajstić information content (AvgIpc) is 3.10. The summed E-state index contributed by atoms with van der Waals surface area (Å²) in [6.07, 6.45) is 1.62. The summed E-state index contributed by atoms with van der Waals surface area (Å²) in [5.41, 5.74) is 1.14. The van der Waals surface area contributed by atoms with E-state index in [4.69, 9.17) is 0 Å². The van der Waals surface area contributed by atoms with E-state index in [1.54, 1.807) is 23.0 Å². The summed E-state index contributed by atoms with van der Waals surface area (Å²) < 4.78 is 1.70. The molecule has 0 atom stereocenters. The molecule has 7 heteroatoms. The maximum Gasteiger partial charge on any atom is 0.262 e. The largest absolute Gasteiger partial charge is 0.358 e. The Labute approximate surface area is 160 Å². The van der Waals surface area contributed by atoms with Crippen LogP contribution in [0.4, 0.5) is 0 Å². The molecule has 1 aromatic carbocycles. The lowest BCUT2D eigenvalue weighted by molar-refractivity contribution is -0.118. The van der Waals surface area contributed by atoms with Crippen LogP contribution in [0.15, 0.2) is 46.3 Å². The number of fused-ring (bicyclic) bond motifs is 1. The van der Waals surface area contributed by atoms with E-state index in [9.17, 15) is 9.59 Å². The fraction of sp³-hybridized carbons (Fsp3) is 0.316. The summed E-state index contributed by atoms with van der Waals surface area (Å²) >= 11 is 2.86. The fourth-order valence-electron chi connectivity index (χ4n) is 2.62. The van der Waals surface area contributed by atoms with E-state index in [0.29, 0.717) is 17.1 Å². The van der Waals surface area contributed by atoms with Crippen LogP contribution in [0.5, 0.6) is 0 Å². The Balaban J connectivity index is 1.97. The zero-order chi connectivity index (χ0) is 18.5. The number of amides is 1. The van der Waals surface area contributed by atoms with Crippen molar-refractivity contribution in [1.82, 2.24) is 14.9 Å². The van der Waals surface area contributed by atoms with Crippen LogP contribution in [-0.2, 0) is 24.2 Å². The molecule has 0 aliphatic rings. The van der Waals surface area contributed by atoms with Crippen LogP contribution >= 0.6 is 23.1 Å². The molecule has 0 aliphatic carbocycles.